The number of unbranched alkanes of at least 4 members (excludes halogenated alkanes) is 7. The van der Waals surface area contributed by atoms with E-state index in [0.717, 1.165) is 4.48 Å². The SMILES string of the molecule is CCCCCCCCCC[N+](C)(C)C(C)(C)c1ccccc1. The summed E-state index contributed by atoms with van der Waals surface area (Å²) in [6.45, 7) is 8.31. The first-order chi connectivity index (χ1) is 10.4. The van der Waals surface area contributed by atoms with Crippen LogP contribution in [-0.2, 0) is 5.54 Å². The number of hydrogen-bond donors (Lipinski definition) is 0. The van der Waals surface area contributed by atoms with Gasteiger partial charge in [0, 0.05) is 5.56 Å². The maximum Gasteiger partial charge on any atom is 0.119 e. The second-order valence-corrected chi connectivity index (χ2v) is 7.81. The van der Waals surface area contributed by atoms with Gasteiger partial charge in [-0.1, -0.05) is 75.8 Å². The summed E-state index contributed by atoms with van der Waals surface area (Å²) in [6.07, 6.45) is 11.2. The molecule has 126 valence electrons. The number of rotatable bonds is 11. The van der Waals surface area contributed by atoms with Crippen LogP contribution in [0.5, 0.6) is 0 Å². The van der Waals surface area contributed by atoms with E-state index in [0.29, 0.717) is 0 Å². The highest BCUT2D eigenvalue weighted by molar-refractivity contribution is 5.20. The first kappa shape index (κ1) is 19.2. The van der Waals surface area contributed by atoms with Gasteiger partial charge >= 0.3 is 0 Å². The van der Waals surface area contributed by atoms with Crippen molar-refractivity contribution < 1.29 is 4.48 Å². The highest BCUT2D eigenvalue weighted by atomic mass is 15.4. The van der Waals surface area contributed by atoms with Crippen molar-refractivity contribution in [2.75, 3.05) is 20.6 Å². The Hall–Kier alpha value is -0.820. The van der Waals surface area contributed by atoms with Crippen LogP contribution in [0, 0.1) is 0 Å². The number of hydrogen-bond acceptors (Lipinski definition) is 0. The minimum Gasteiger partial charge on any atom is -0.320 e. The quantitative estimate of drug-likeness (QED) is 0.340. The van der Waals surface area contributed by atoms with Crippen LogP contribution in [-0.4, -0.2) is 25.1 Å². The highest BCUT2D eigenvalue weighted by Gasteiger charge is 2.37. The molecule has 0 radical (unpaired) electrons. The van der Waals surface area contributed by atoms with Crippen LogP contribution in [0.2, 0.25) is 0 Å². The van der Waals surface area contributed by atoms with Crippen LogP contribution >= 0.6 is 0 Å². The summed E-state index contributed by atoms with van der Waals surface area (Å²) in [5.74, 6) is 0. The Morgan fingerprint density at radius 2 is 1.27 bits per heavy atom. The summed E-state index contributed by atoms with van der Waals surface area (Å²) in [7, 11) is 4.77. The maximum atomic E-state index is 2.38. The first-order valence-corrected chi connectivity index (χ1v) is 9.30. The zero-order valence-electron chi connectivity index (χ0n) is 15.7. The molecule has 1 aromatic rings. The zero-order valence-corrected chi connectivity index (χ0v) is 15.7. The van der Waals surface area contributed by atoms with Gasteiger partial charge in [0.25, 0.3) is 0 Å². The molecular weight excluding hydrogens is 266 g/mol. The Kier molecular flexibility index (Phi) is 8.17. The van der Waals surface area contributed by atoms with Gasteiger partial charge in [-0.05, 0) is 26.7 Å². The standard InChI is InChI=1S/C21H38N/c1-6-7-8-9-10-11-12-16-19-22(4,5)21(2,3)20-17-14-13-15-18-20/h13-15,17-18H,6-12,16,19H2,1-5H3/q+1. The molecular formula is C21H38N+. The van der Waals surface area contributed by atoms with Crippen LogP contribution in [0.25, 0.3) is 0 Å². The fourth-order valence-corrected chi connectivity index (χ4v) is 3.12. The fourth-order valence-electron chi connectivity index (χ4n) is 3.12. The average molecular weight is 305 g/mol. The second-order valence-electron chi connectivity index (χ2n) is 7.81. The van der Waals surface area contributed by atoms with Crippen LogP contribution < -0.4 is 0 Å². The highest BCUT2D eigenvalue weighted by Crippen LogP contribution is 2.32. The predicted octanol–water partition coefficient (Wildman–Crippen LogP) is 6.14. The van der Waals surface area contributed by atoms with Crippen molar-refractivity contribution in [1.29, 1.82) is 0 Å². The molecule has 0 N–H and O–H groups in total. The van der Waals surface area contributed by atoms with Gasteiger partial charge in [-0.2, -0.15) is 0 Å². The lowest BCUT2D eigenvalue weighted by molar-refractivity contribution is -0.945. The number of benzene rings is 1. The van der Waals surface area contributed by atoms with Crippen molar-refractivity contribution in [2.24, 2.45) is 0 Å². The van der Waals surface area contributed by atoms with Crippen LogP contribution in [0.1, 0.15) is 77.7 Å². The smallest absolute Gasteiger partial charge is 0.119 e. The number of nitrogens with zero attached hydrogens (tertiary/aromatic N) is 1. The van der Waals surface area contributed by atoms with Gasteiger partial charge in [0.2, 0.25) is 0 Å². The van der Waals surface area contributed by atoms with E-state index in [9.17, 15) is 0 Å². The average Bonchev–Trinajstić information content (AvgIpc) is 2.50. The molecule has 0 fully saturated rings. The van der Waals surface area contributed by atoms with E-state index < -0.39 is 0 Å². The molecule has 1 heteroatoms. The van der Waals surface area contributed by atoms with E-state index in [-0.39, 0.29) is 5.54 Å². The van der Waals surface area contributed by atoms with Crippen LogP contribution in [0.3, 0.4) is 0 Å². The molecule has 0 aliphatic rings. The third kappa shape index (κ3) is 5.76. The summed E-state index contributed by atoms with van der Waals surface area (Å²) in [5.41, 5.74) is 1.61. The minimum atomic E-state index is 0.169. The zero-order chi connectivity index (χ0) is 16.5. The van der Waals surface area contributed by atoms with E-state index in [1.54, 1.807) is 0 Å². The van der Waals surface area contributed by atoms with Gasteiger partial charge < -0.3 is 4.48 Å². The Balaban J connectivity index is 2.34. The van der Waals surface area contributed by atoms with Gasteiger partial charge in [0.15, 0.2) is 0 Å². The van der Waals surface area contributed by atoms with Crippen molar-refractivity contribution >= 4 is 0 Å². The lowest BCUT2D eigenvalue weighted by Gasteiger charge is -2.45. The lowest BCUT2D eigenvalue weighted by atomic mass is 9.90. The molecule has 1 aromatic carbocycles. The molecule has 0 spiro atoms. The van der Waals surface area contributed by atoms with Gasteiger partial charge in [-0.3, -0.25) is 0 Å². The normalized spacial score (nSPS) is 12.6. The third-order valence-corrected chi connectivity index (χ3v) is 5.56. The Morgan fingerprint density at radius 1 is 0.773 bits per heavy atom. The molecule has 0 aliphatic heterocycles. The maximum absolute atomic E-state index is 2.38. The minimum absolute atomic E-state index is 0.169. The molecule has 0 amide bonds. The van der Waals surface area contributed by atoms with Gasteiger partial charge in [-0.15, -0.1) is 0 Å². The van der Waals surface area contributed by atoms with E-state index in [2.05, 4.69) is 65.2 Å². The van der Waals surface area contributed by atoms with Crippen molar-refractivity contribution in [2.45, 2.75) is 77.7 Å². The monoisotopic (exact) mass is 304 g/mol. The summed E-state index contributed by atoms with van der Waals surface area (Å²) >= 11 is 0. The largest absolute Gasteiger partial charge is 0.320 e. The van der Waals surface area contributed by atoms with E-state index >= 15 is 0 Å². The molecule has 0 heterocycles. The molecule has 0 atom stereocenters. The summed E-state index contributed by atoms with van der Waals surface area (Å²) in [5, 5.41) is 0. The van der Waals surface area contributed by atoms with E-state index in [1.165, 1.54) is 63.5 Å². The molecule has 0 aliphatic carbocycles. The number of quaternary nitrogens is 1. The molecule has 0 saturated heterocycles. The topological polar surface area (TPSA) is 0 Å². The molecule has 0 saturated carbocycles. The second kappa shape index (κ2) is 9.35. The van der Waals surface area contributed by atoms with Crippen molar-refractivity contribution in [3.63, 3.8) is 0 Å². The van der Waals surface area contributed by atoms with Crippen molar-refractivity contribution in [3.05, 3.63) is 35.9 Å². The van der Waals surface area contributed by atoms with E-state index in [1.807, 2.05) is 0 Å². The predicted molar refractivity (Wildman–Crippen MR) is 99.1 cm³/mol. The molecule has 22 heavy (non-hydrogen) atoms. The molecule has 0 aromatic heterocycles. The van der Waals surface area contributed by atoms with Gasteiger partial charge in [0.1, 0.15) is 5.54 Å². The van der Waals surface area contributed by atoms with Crippen LogP contribution in [0.4, 0.5) is 0 Å². The van der Waals surface area contributed by atoms with Gasteiger partial charge in [0.05, 0.1) is 20.6 Å². The first-order valence-electron chi connectivity index (χ1n) is 9.30. The van der Waals surface area contributed by atoms with Crippen LogP contribution in [0.15, 0.2) is 30.3 Å². The molecule has 0 unspecified atom stereocenters. The van der Waals surface area contributed by atoms with E-state index in [4.69, 9.17) is 0 Å². The molecule has 0 bridgehead atoms. The van der Waals surface area contributed by atoms with Crippen molar-refractivity contribution in [1.82, 2.24) is 0 Å². The Morgan fingerprint density at radius 3 is 1.82 bits per heavy atom. The van der Waals surface area contributed by atoms with Gasteiger partial charge in [-0.25, -0.2) is 0 Å². The lowest BCUT2D eigenvalue weighted by Crippen LogP contribution is -2.54. The Bertz CT molecular complexity index is 392. The molecule has 1 nitrogen and oxygen atoms in total. The fraction of sp³-hybridized carbons (Fsp3) is 0.714. The summed E-state index contributed by atoms with van der Waals surface area (Å²) in [4.78, 5) is 0. The molecule has 1 rings (SSSR count). The summed E-state index contributed by atoms with van der Waals surface area (Å²) in [6, 6.07) is 11.0. The third-order valence-electron chi connectivity index (χ3n) is 5.56. The Labute approximate surface area is 139 Å². The summed E-state index contributed by atoms with van der Waals surface area (Å²) < 4.78 is 1.06. The van der Waals surface area contributed by atoms with Crippen molar-refractivity contribution in [3.8, 4) is 0 Å².